The molecule has 7 heteroatoms. The van der Waals surface area contributed by atoms with Gasteiger partial charge in [-0.2, -0.15) is 0 Å². The highest BCUT2D eigenvalue weighted by molar-refractivity contribution is 5.88. The Hall–Kier alpha value is -3.48. The third-order valence-electron chi connectivity index (χ3n) is 7.60. The van der Waals surface area contributed by atoms with Gasteiger partial charge in [-0.25, -0.2) is 14.5 Å². The molecule has 4 aliphatic carbocycles. The average molecular weight is 457 g/mol. The first-order valence-corrected chi connectivity index (χ1v) is 12.1. The molecule has 7 nitrogen and oxygen atoms in total. The summed E-state index contributed by atoms with van der Waals surface area (Å²) in [5, 5.41) is 7.65. The molecule has 174 valence electrons. The predicted molar refractivity (Wildman–Crippen MR) is 126 cm³/mol. The quantitative estimate of drug-likeness (QED) is 0.563. The number of esters is 1. The normalized spacial score (nSPS) is 26.9. The summed E-state index contributed by atoms with van der Waals surface area (Å²) in [7, 11) is 0. The van der Waals surface area contributed by atoms with Crippen molar-refractivity contribution in [2.45, 2.75) is 44.1 Å². The molecule has 34 heavy (non-hydrogen) atoms. The van der Waals surface area contributed by atoms with Gasteiger partial charge in [0, 0.05) is 11.1 Å². The molecule has 3 aromatic rings. The summed E-state index contributed by atoms with van der Waals surface area (Å²) in [5.41, 5.74) is 1.51. The number of aromatic nitrogens is 3. The molecule has 1 amide bonds. The zero-order valence-electron chi connectivity index (χ0n) is 19.0. The number of para-hydroxylation sites is 1. The van der Waals surface area contributed by atoms with Crippen molar-refractivity contribution in [1.82, 2.24) is 20.1 Å². The first-order valence-electron chi connectivity index (χ1n) is 12.1. The Labute approximate surface area is 198 Å². The van der Waals surface area contributed by atoms with Gasteiger partial charge in [0.2, 0.25) is 0 Å². The number of nitrogens with zero attached hydrogens (tertiary/aromatic N) is 3. The van der Waals surface area contributed by atoms with Gasteiger partial charge in [0.15, 0.2) is 12.4 Å². The predicted octanol–water partition coefficient (Wildman–Crippen LogP) is 4.18. The Morgan fingerprint density at radius 2 is 1.50 bits per heavy atom. The van der Waals surface area contributed by atoms with E-state index >= 15 is 0 Å². The molecule has 1 heterocycles. The molecular weight excluding hydrogens is 428 g/mol. The number of hydrogen-bond acceptors (Lipinski definition) is 5. The highest BCUT2D eigenvalue weighted by Crippen LogP contribution is 2.55. The minimum absolute atomic E-state index is 0.0645. The minimum Gasteiger partial charge on any atom is -0.450 e. The number of carbonyl (C=O) groups excluding carboxylic acids is 2. The van der Waals surface area contributed by atoms with E-state index in [1.165, 1.54) is 19.3 Å². The van der Waals surface area contributed by atoms with E-state index in [1.807, 2.05) is 60.7 Å². The highest BCUT2D eigenvalue weighted by atomic mass is 16.5. The number of carbonyl (C=O) groups is 2. The Morgan fingerprint density at radius 1 is 0.912 bits per heavy atom. The van der Waals surface area contributed by atoms with Crippen molar-refractivity contribution in [3.8, 4) is 17.1 Å². The van der Waals surface area contributed by atoms with Gasteiger partial charge >= 0.3 is 5.97 Å². The lowest BCUT2D eigenvalue weighted by Crippen LogP contribution is -2.60. The Morgan fingerprint density at radius 3 is 2.12 bits per heavy atom. The molecule has 7 rings (SSSR count). The smallest absolute Gasteiger partial charge is 0.378 e. The summed E-state index contributed by atoms with van der Waals surface area (Å²) >= 11 is 0. The summed E-state index contributed by atoms with van der Waals surface area (Å²) in [5.74, 6) is 1.74. The number of benzene rings is 2. The molecule has 4 fully saturated rings. The fourth-order valence-electron chi connectivity index (χ4n) is 6.71. The number of hydrogen-bond donors (Lipinski definition) is 1. The average Bonchev–Trinajstić information content (AvgIpc) is 3.28. The van der Waals surface area contributed by atoms with E-state index in [0.717, 1.165) is 48.3 Å². The van der Waals surface area contributed by atoms with Gasteiger partial charge in [0.25, 0.3) is 11.7 Å². The van der Waals surface area contributed by atoms with Crippen molar-refractivity contribution in [3.05, 3.63) is 66.5 Å². The third kappa shape index (κ3) is 4.00. The van der Waals surface area contributed by atoms with Crippen molar-refractivity contribution in [3.63, 3.8) is 0 Å². The molecule has 0 aliphatic heterocycles. The standard InChI is InChI=1S/C27H28N4O3/c32-23(29-27-14-18-11-19(15-27)13-20(12-18)16-27)17-34-26(33)24-28-25(21-7-3-1-4-8-21)31(30-24)22-9-5-2-6-10-22/h1-10,18-20H,11-17H2,(H,29,32). The van der Waals surface area contributed by atoms with Crippen LogP contribution >= 0.6 is 0 Å². The molecule has 4 bridgehead atoms. The molecule has 0 atom stereocenters. The lowest BCUT2D eigenvalue weighted by Gasteiger charge is -2.56. The van der Waals surface area contributed by atoms with Crippen molar-refractivity contribution >= 4 is 11.9 Å². The second kappa shape index (κ2) is 8.38. The van der Waals surface area contributed by atoms with Gasteiger partial charge in [-0.15, -0.1) is 5.10 Å². The molecule has 0 spiro atoms. The molecule has 0 unspecified atom stereocenters. The highest BCUT2D eigenvalue weighted by Gasteiger charge is 2.51. The summed E-state index contributed by atoms with van der Waals surface area (Å²) in [4.78, 5) is 30.0. The molecule has 1 N–H and O–H groups in total. The van der Waals surface area contributed by atoms with Crippen molar-refractivity contribution in [1.29, 1.82) is 0 Å². The molecule has 0 radical (unpaired) electrons. The number of rotatable bonds is 6. The van der Waals surface area contributed by atoms with E-state index in [9.17, 15) is 9.59 Å². The lowest BCUT2D eigenvalue weighted by molar-refractivity contribution is -0.130. The number of ether oxygens (including phenoxy) is 1. The van der Waals surface area contributed by atoms with Gasteiger partial charge in [0.1, 0.15) is 0 Å². The van der Waals surface area contributed by atoms with Crippen molar-refractivity contribution in [2.24, 2.45) is 17.8 Å². The van der Waals surface area contributed by atoms with Crippen LogP contribution in [-0.4, -0.2) is 38.8 Å². The van der Waals surface area contributed by atoms with E-state index in [4.69, 9.17) is 4.74 Å². The van der Waals surface area contributed by atoms with Crippen LogP contribution in [0.15, 0.2) is 60.7 Å². The van der Waals surface area contributed by atoms with Crippen LogP contribution in [0.1, 0.15) is 49.1 Å². The van der Waals surface area contributed by atoms with Crippen LogP contribution in [0.5, 0.6) is 0 Å². The van der Waals surface area contributed by atoms with Crippen LogP contribution in [0.2, 0.25) is 0 Å². The third-order valence-corrected chi connectivity index (χ3v) is 7.60. The monoisotopic (exact) mass is 456 g/mol. The van der Waals surface area contributed by atoms with E-state index in [1.54, 1.807) is 4.68 Å². The topological polar surface area (TPSA) is 86.1 Å². The lowest BCUT2D eigenvalue weighted by atomic mass is 9.53. The van der Waals surface area contributed by atoms with E-state index < -0.39 is 5.97 Å². The van der Waals surface area contributed by atoms with Gasteiger partial charge in [-0.05, 0) is 68.4 Å². The molecule has 4 saturated carbocycles. The number of nitrogens with one attached hydrogen (secondary N) is 1. The fraction of sp³-hybridized carbons (Fsp3) is 0.407. The zero-order chi connectivity index (χ0) is 23.1. The van der Waals surface area contributed by atoms with E-state index in [-0.39, 0.29) is 23.9 Å². The Bertz CT molecular complexity index is 1110. The van der Waals surface area contributed by atoms with Crippen LogP contribution in [0.4, 0.5) is 0 Å². The largest absolute Gasteiger partial charge is 0.450 e. The minimum atomic E-state index is -0.701. The van der Waals surface area contributed by atoms with Crippen LogP contribution in [0.25, 0.3) is 17.1 Å². The van der Waals surface area contributed by atoms with Gasteiger partial charge < -0.3 is 10.1 Å². The molecule has 4 aliphatic rings. The van der Waals surface area contributed by atoms with E-state index in [0.29, 0.717) is 5.82 Å². The van der Waals surface area contributed by atoms with Crippen LogP contribution in [0, 0.1) is 17.8 Å². The molecule has 1 aromatic heterocycles. The number of amides is 1. The molecule has 2 aromatic carbocycles. The summed E-state index contributed by atoms with van der Waals surface area (Å²) in [6, 6.07) is 19.1. The van der Waals surface area contributed by atoms with Crippen LogP contribution in [-0.2, 0) is 9.53 Å². The SMILES string of the molecule is O=C(COC(=O)c1nc(-c2ccccc2)n(-c2ccccc2)n1)NC12CC3CC(CC(C3)C1)C2. The Kier molecular flexibility index (Phi) is 5.20. The second-order valence-electron chi connectivity index (χ2n) is 10.2. The van der Waals surface area contributed by atoms with Crippen molar-refractivity contribution < 1.29 is 14.3 Å². The molecular formula is C27H28N4O3. The maximum Gasteiger partial charge on any atom is 0.378 e. The summed E-state index contributed by atoms with van der Waals surface area (Å²) in [6.45, 7) is -0.318. The molecule has 0 saturated heterocycles. The van der Waals surface area contributed by atoms with E-state index in [2.05, 4.69) is 15.4 Å². The fourth-order valence-corrected chi connectivity index (χ4v) is 6.71. The van der Waals surface area contributed by atoms with Crippen LogP contribution < -0.4 is 5.32 Å². The van der Waals surface area contributed by atoms with Crippen LogP contribution in [0.3, 0.4) is 0 Å². The van der Waals surface area contributed by atoms with Gasteiger partial charge in [-0.1, -0.05) is 48.5 Å². The first-order chi connectivity index (χ1) is 16.6. The zero-order valence-corrected chi connectivity index (χ0v) is 19.0. The van der Waals surface area contributed by atoms with Gasteiger partial charge in [0.05, 0.1) is 5.69 Å². The Balaban J connectivity index is 1.16. The summed E-state index contributed by atoms with van der Waals surface area (Å²) in [6.07, 6.45) is 7.10. The van der Waals surface area contributed by atoms with Crippen molar-refractivity contribution in [2.75, 3.05) is 6.61 Å². The maximum atomic E-state index is 12.8. The second-order valence-corrected chi connectivity index (χ2v) is 10.2. The van der Waals surface area contributed by atoms with Gasteiger partial charge in [-0.3, -0.25) is 4.79 Å². The maximum absolute atomic E-state index is 12.8. The first kappa shape index (κ1) is 21.1. The summed E-state index contributed by atoms with van der Waals surface area (Å²) < 4.78 is 6.98.